The zero-order valence-electron chi connectivity index (χ0n) is 15.9. The maximum absolute atomic E-state index is 4.82. The molecule has 4 rings (SSSR count). The van der Waals surface area contributed by atoms with E-state index in [0.29, 0.717) is 5.95 Å². The second-order valence-electron chi connectivity index (χ2n) is 7.19. The summed E-state index contributed by atoms with van der Waals surface area (Å²) in [4.78, 5) is 12.0. The summed E-state index contributed by atoms with van der Waals surface area (Å²) in [5.41, 5.74) is 4.59. The van der Waals surface area contributed by atoms with Crippen LogP contribution in [0.3, 0.4) is 0 Å². The van der Waals surface area contributed by atoms with Gasteiger partial charge in [-0.15, -0.1) is 0 Å². The lowest BCUT2D eigenvalue weighted by Gasteiger charge is -2.28. The highest BCUT2D eigenvalue weighted by atomic mass is 15.2. The van der Waals surface area contributed by atoms with Crippen molar-refractivity contribution >= 4 is 11.8 Å². The van der Waals surface area contributed by atoms with Gasteiger partial charge >= 0.3 is 0 Å². The number of anilines is 2. The van der Waals surface area contributed by atoms with Crippen LogP contribution in [0.1, 0.15) is 30.4 Å². The van der Waals surface area contributed by atoms with Crippen LogP contribution in [0.5, 0.6) is 0 Å². The summed E-state index contributed by atoms with van der Waals surface area (Å²) in [7, 11) is 0. The van der Waals surface area contributed by atoms with E-state index >= 15 is 0 Å². The molecule has 2 heterocycles. The second kappa shape index (κ2) is 8.21. The van der Waals surface area contributed by atoms with Gasteiger partial charge in [-0.2, -0.15) is 4.98 Å². The third-order valence-electron chi connectivity index (χ3n) is 5.03. The van der Waals surface area contributed by atoms with Crippen molar-refractivity contribution in [3.8, 4) is 11.3 Å². The molecule has 0 unspecified atom stereocenters. The van der Waals surface area contributed by atoms with Crippen LogP contribution in [0.2, 0.25) is 0 Å². The number of hydrogen-bond acceptors (Lipinski definition) is 4. The predicted octanol–water partition coefficient (Wildman–Crippen LogP) is 5.05. The molecular weight excluding hydrogens is 332 g/mol. The van der Waals surface area contributed by atoms with E-state index in [9.17, 15) is 0 Å². The number of piperidine rings is 1. The summed E-state index contributed by atoms with van der Waals surface area (Å²) in [6.07, 6.45) is 3.78. The van der Waals surface area contributed by atoms with Gasteiger partial charge in [0.15, 0.2) is 0 Å². The highest BCUT2D eigenvalue weighted by Gasteiger charge is 2.15. The summed E-state index contributed by atoms with van der Waals surface area (Å²) >= 11 is 0. The van der Waals surface area contributed by atoms with Crippen LogP contribution in [0.4, 0.5) is 11.8 Å². The summed E-state index contributed by atoms with van der Waals surface area (Å²) in [6.45, 7) is 4.97. The highest BCUT2D eigenvalue weighted by molar-refractivity contribution is 5.64. The van der Waals surface area contributed by atoms with Crippen molar-refractivity contribution in [1.82, 2.24) is 9.97 Å². The maximum atomic E-state index is 4.82. The molecule has 0 bridgehead atoms. The van der Waals surface area contributed by atoms with Crippen LogP contribution in [-0.4, -0.2) is 23.1 Å². The Bertz CT molecular complexity index is 869. The minimum atomic E-state index is 0.692. The molecule has 0 spiro atoms. The van der Waals surface area contributed by atoms with E-state index in [1.54, 1.807) is 0 Å². The van der Waals surface area contributed by atoms with Crippen molar-refractivity contribution in [2.45, 2.75) is 32.7 Å². The van der Waals surface area contributed by atoms with Crippen LogP contribution in [0, 0.1) is 6.92 Å². The van der Waals surface area contributed by atoms with Crippen molar-refractivity contribution in [1.29, 1.82) is 0 Å². The normalized spacial score (nSPS) is 14.2. The first kappa shape index (κ1) is 17.5. The van der Waals surface area contributed by atoms with Gasteiger partial charge in [0, 0.05) is 31.3 Å². The lowest BCUT2D eigenvalue weighted by atomic mass is 10.1. The topological polar surface area (TPSA) is 41.1 Å². The fourth-order valence-corrected chi connectivity index (χ4v) is 3.44. The van der Waals surface area contributed by atoms with E-state index in [4.69, 9.17) is 9.97 Å². The molecule has 1 aliphatic rings. The third kappa shape index (κ3) is 4.45. The minimum Gasteiger partial charge on any atom is -0.356 e. The molecule has 2 aromatic carbocycles. The summed E-state index contributed by atoms with van der Waals surface area (Å²) in [6, 6.07) is 21.0. The Morgan fingerprint density at radius 2 is 1.63 bits per heavy atom. The average molecular weight is 358 g/mol. The minimum absolute atomic E-state index is 0.692. The number of nitrogens with zero attached hydrogens (tertiary/aromatic N) is 3. The first-order chi connectivity index (χ1) is 13.3. The second-order valence-corrected chi connectivity index (χ2v) is 7.19. The standard InChI is InChI=1S/C23H26N4/c1-18-10-12-19(13-11-18)17-24-23-25-21(20-8-4-2-5-9-20)16-22(26-23)27-14-6-3-7-15-27/h2,4-5,8-13,16H,3,6-7,14-15,17H2,1H3,(H,24,25,26). The Morgan fingerprint density at radius 1 is 0.889 bits per heavy atom. The largest absolute Gasteiger partial charge is 0.356 e. The van der Waals surface area contributed by atoms with Gasteiger partial charge in [0.2, 0.25) is 5.95 Å². The molecule has 4 nitrogen and oxygen atoms in total. The van der Waals surface area contributed by atoms with E-state index in [1.807, 2.05) is 6.07 Å². The first-order valence-electron chi connectivity index (χ1n) is 9.77. The number of benzene rings is 2. The molecule has 0 saturated carbocycles. The molecular formula is C23H26N4. The van der Waals surface area contributed by atoms with Crippen molar-refractivity contribution in [3.63, 3.8) is 0 Å². The monoisotopic (exact) mass is 358 g/mol. The molecule has 3 aromatic rings. The lowest BCUT2D eigenvalue weighted by Crippen LogP contribution is -2.30. The molecule has 0 amide bonds. The fourth-order valence-electron chi connectivity index (χ4n) is 3.44. The van der Waals surface area contributed by atoms with Gasteiger partial charge in [-0.1, -0.05) is 60.2 Å². The molecule has 1 aromatic heterocycles. The highest BCUT2D eigenvalue weighted by Crippen LogP contribution is 2.25. The van der Waals surface area contributed by atoms with Crippen molar-refractivity contribution in [3.05, 3.63) is 71.8 Å². The van der Waals surface area contributed by atoms with E-state index < -0.39 is 0 Å². The Hall–Kier alpha value is -2.88. The molecule has 0 radical (unpaired) electrons. The van der Waals surface area contributed by atoms with Gasteiger partial charge in [0.05, 0.1) is 5.69 Å². The third-order valence-corrected chi connectivity index (χ3v) is 5.03. The Balaban J connectivity index is 1.61. The zero-order chi connectivity index (χ0) is 18.5. The Kier molecular flexibility index (Phi) is 5.33. The van der Waals surface area contributed by atoms with Gasteiger partial charge in [-0.25, -0.2) is 4.98 Å². The van der Waals surface area contributed by atoms with Crippen molar-refractivity contribution in [2.24, 2.45) is 0 Å². The Labute approximate surface area is 161 Å². The molecule has 1 N–H and O–H groups in total. The molecule has 1 aliphatic heterocycles. The van der Waals surface area contributed by atoms with Crippen LogP contribution in [0.15, 0.2) is 60.7 Å². The number of aromatic nitrogens is 2. The zero-order valence-corrected chi connectivity index (χ0v) is 15.9. The van der Waals surface area contributed by atoms with E-state index in [0.717, 1.165) is 36.7 Å². The fraction of sp³-hybridized carbons (Fsp3) is 0.304. The average Bonchev–Trinajstić information content (AvgIpc) is 2.74. The van der Waals surface area contributed by atoms with Gasteiger partial charge in [-0.3, -0.25) is 0 Å². The molecule has 0 atom stereocenters. The number of aryl methyl sites for hydroxylation is 1. The molecule has 4 heteroatoms. The lowest BCUT2D eigenvalue weighted by molar-refractivity contribution is 0.573. The molecule has 138 valence electrons. The summed E-state index contributed by atoms with van der Waals surface area (Å²) in [5.74, 6) is 1.72. The number of nitrogens with one attached hydrogen (secondary N) is 1. The first-order valence-corrected chi connectivity index (χ1v) is 9.77. The molecule has 27 heavy (non-hydrogen) atoms. The van der Waals surface area contributed by atoms with E-state index in [1.165, 1.54) is 30.4 Å². The smallest absolute Gasteiger partial charge is 0.225 e. The SMILES string of the molecule is Cc1ccc(CNc2nc(-c3ccccc3)cc(N3CCCCC3)n2)cc1. The number of hydrogen-bond donors (Lipinski definition) is 1. The molecule has 1 saturated heterocycles. The van der Waals surface area contributed by atoms with Gasteiger partial charge < -0.3 is 10.2 Å². The van der Waals surface area contributed by atoms with E-state index in [2.05, 4.69) is 71.7 Å². The van der Waals surface area contributed by atoms with Gasteiger partial charge in [0.25, 0.3) is 0 Å². The Morgan fingerprint density at radius 3 is 2.37 bits per heavy atom. The van der Waals surface area contributed by atoms with Crippen molar-refractivity contribution < 1.29 is 0 Å². The summed E-state index contributed by atoms with van der Waals surface area (Å²) in [5, 5.41) is 3.42. The van der Waals surface area contributed by atoms with Crippen molar-refractivity contribution in [2.75, 3.05) is 23.3 Å². The van der Waals surface area contributed by atoms with Crippen LogP contribution >= 0.6 is 0 Å². The van der Waals surface area contributed by atoms with Crippen LogP contribution < -0.4 is 10.2 Å². The van der Waals surface area contributed by atoms with Crippen LogP contribution in [0.25, 0.3) is 11.3 Å². The molecule has 0 aliphatic carbocycles. The number of rotatable bonds is 5. The van der Waals surface area contributed by atoms with Crippen LogP contribution in [-0.2, 0) is 6.54 Å². The predicted molar refractivity (Wildman–Crippen MR) is 112 cm³/mol. The van der Waals surface area contributed by atoms with E-state index in [-0.39, 0.29) is 0 Å². The quantitative estimate of drug-likeness (QED) is 0.692. The summed E-state index contributed by atoms with van der Waals surface area (Å²) < 4.78 is 0. The maximum Gasteiger partial charge on any atom is 0.225 e. The van der Waals surface area contributed by atoms with Gasteiger partial charge in [-0.05, 0) is 31.7 Å². The van der Waals surface area contributed by atoms with Gasteiger partial charge in [0.1, 0.15) is 5.82 Å². The molecule has 1 fully saturated rings.